The highest BCUT2D eigenvalue weighted by molar-refractivity contribution is 7.46. The number of rotatable bonds is 39. The van der Waals surface area contributed by atoms with E-state index in [0.717, 1.165) is 32.1 Å². The van der Waals surface area contributed by atoms with Crippen LogP contribution >= 0.6 is 7.82 Å². The Labute approximate surface area is 335 Å². The molecular formula is C45H79O9P. The van der Waals surface area contributed by atoms with Crippen LogP contribution in [0.4, 0.5) is 0 Å². The first-order chi connectivity index (χ1) is 26.7. The van der Waals surface area contributed by atoms with Crippen LogP contribution < -0.4 is 0 Å². The molecule has 0 aromatic heterocycles. The fraction of sp³-hybridized carbons (Fsp3) is 0.733. The van der Waals surface area contributed by atoms with Crippen LogP contribution in [0.3, 0.4) is 0 Å². The highest BCUT2D eigenvalue weighted by Crippen LogP contribution is 2.36. The van der Waals surface area contributed by atoms with Crippen molar-refractivity contribution in [2.75, 3.05) is 13.2 Å². The molecule has 0 aliphatic heterocycles. The molecule has 55 heavy (non-hydrogen) atoms. The number of carbonyl (C=O) groups is 2. The molecule has 0 aromatic rings. The van der Waals surface area contributed by atoms with E-state index in [1.807, 2.05) is 36.5 Å². The number of allylic oxidation sites excluding steroid dienone is 8. The number of hydrogen-bond acceptors (Lipinski definition) is 7. The Kier molecular flexibility index (Phi) is 38.3. The number of phosphoric acid groups is 1. The number of esters is 2. The molecule has 0 fully saturated rings. The molecule has 0 saturated carbocycles. The maximum atomic E-state index is 12.4. The van der Waals surface area contributed by atoms with Crippen molar-refractivity contribution in [1.29, 1.82) is 0 Å². The number of aliphatic hydroxyl groups excluding tert-OH is 1. The highest BCUT2D eigenvalue weighted by Gasteiger charge is 2.22. The van der Waals surface area contributed by atoms with Gasteiger partial charge in [-0.25, -0.2) is 4.57 Å². The summed E-state index contributed by atoms with van der Waals surface area (Å²) >= 11 is 0. The van der Waals surface area contributed by atoms with Crippen LogP contribution in [0.2, 0.25) is 0 Å². The monoisotopic (exact) mass is 795 g/mol. The summed E-state index contributed by atoms with van der Waals surface area (Å²) in [5.74, 6) is -0.992. The van der Waals surface area contributed by atoms with Gasteiger partial charge < -0.3 is 24.4 Å². The number of ether oxygens (including phenoxy) is 2. The molecule has 0 saturated heterocycles. The van der Waals surface area contributed by atoms with Gasteiger partial charge in [0.15, 0.2) is 6.10 Å². The van der Waals surface area contributed by atoms with Gasteiger partial charge in [0.05, 0.1) is 12.7 Å². The molecule has 0 radical (unpaired) electrons. The van der Waals surface area contributed by atoms with Crippen molar-refractivity contribution in [2.24, 2.45) is 0 Å². The Morgan fingerprint density at radius 1 is 0.564 bits per heavy atom. The maximum absolute atomic E-state index is 12.4. The Bertz CT molecular complexity index is 1090. The van der Waals surface area contributed by atoms with E-state index in [0.29, 0.717) is 25.7 Å². The van der Waals surface area contributed by atoms with Gasteiger partial charge in [-0.1, -0.05) is 164 Å². The van der Waals surface area contributed by atoms with Crippen molar-refractivity contribution in [1.82, 2.24) is 0 Å². The molecule has 9 nitrogen and oxygen atoms in total. The second kappa shape index (κ2) is 39.9. The Morgan fingerprint density at radius 3 is 1.67 bits per heavy atom. The average molecular weight is 795 g/mol. The third-order valence-corrected chi connectivity index (χ3v) is 9.57. The highest BCUT2D eigenvalue weighted by atomic mass is 31.2. The molecule has 0 aliphatic rings. The molecule has 318 valence electrons. The Morgan fingerprint density at radius 2 is 1.05 bits per heavy atom. The maximum Gasteiger partial charge on any atom is 0.469 e. The summed E-state index contributed by atoms with van der Waals surface area (Å²) in [6.07, 6.45) is 46.9. The zero-order valence-electron chi connectivity index (χ0n) is 34.7. The van der Waals surface area contributed by atoms with Crippen LogP contribution in [-0.4, -0.2) is 52.3 Å². The first kappa shape index (κ1) is 52.7. The van der Waals surface area contributed by atoms with Gasteiger partial charge in [0.2, 0.25) is 0 Å². The quantitative estimate of drug-likeness (QED) is 0.0182. The topological polar surface area (TPSA) is 140 Å². The van der Waals surface area contributed by atoms with Crippen LogP contribution in [0, 0.1) is 0 Å². The number of carbonyl (C=O) groups excluding carboxylic acids is 2. The van der Waals surface area contributed by atoms with Crippen molar-refractivity contribution in [3.8, 4) is 0 Å². The predicted octanol–water partition coefficient (Wildman–Crippen LogP) is 12.3. The van der Waals surface area contributed by atoms with Gasteiger partial charge in [-0.05, 0) is 70.6 Å². The summed E-state index contributed by atoms with van der Waals surface area (Å²) in [7, 11) is -4.78. The van der Waals surface area contributed by atoms with Gasteiger partial charge in [0.1, 0.15) is 6.61 Å². The van der Waals surface area contributed by atoms with Crippen molar-refractivity contribution >= 4 is 19.8 Å². The van der Waals surface area contributed by atoms with Gasteiger partial charge in [0.25, 0.3) is 0 Å². The van der Waals surface area contributed by atoms with E-state index < -0.39 is 38.6 Å². The van der Waals surface area contributed by atoms with Gasteiger partial charge in [0, 0.05) is 12.8 Å². The molecule has 0 amide bonds. The SMILES string of the molecule is CCCCC/C=C\C[C@@H](O)/C=C/C=C\C/C=C\CCCC(=O)OC[C@H](COP(=O)(O)O)OC(=O)CCCCCCCCCCC/C=C\CCCCCCCC. The molecule has 0 spiro atoms. The molecule has 0 aromatic carbocycles. The minimum Gasteiger partial charge on any atom is -0.462 e. The van der Waals surface area contributed by atoms with Crippen molar-refractivity contribution in [3.05, 3.63) is 60.8 Å². The summed E-state index contributed by atoms with van der Waals surface area (Å²) < 4.78 is 26.3. The number of hydrogen-bond donors (Lipinski definition) is 3. The minimum atomic E-state index is -4.78. The normalized spacial score (nSPS) is 13.6. The number of aliphatic hydroxyl groups is 1. The third-order valence-electron chi connectivity index (χ3n) is 9.09. The Hall–Kier alpha value is -2.29. The molecule has 0 rings (SSSR count). The van der Waals surface area contributed by atoms with E-state index >= 15 is 0 Å². The molecule has 0 heterocycles. The van der Waals surface area contributed by atoms with E-state index in [-0.39, 0.29) is 19.4 Å². The van der Waals surface area contributed by atoms with E-state index in [9.17, 15) is 19.3 Å². The van der Waals surface area contributed by atoms with Crippen molar-refractivity contribution < 1.29 is 43.0 Å². The second-order valence-electron chi connectivity index (χ2n) is 14.5. The van der Waals surface area contributed by atoms with Gasteiger partial charge in [-0.15, -0.1) is 0 Å². The summed E-state index contributed by atoms with van der Waals surface area (Å²) in [6, 6.07) is 0. The lowest BCUT2D eigenvalue weighted by atomic mass is 10.1. The minimum absolute atomic E-state index is 0.157. The zero-order chi connectivity index (χ0) is 40.5. The van der Waals surface area contributed by atoms with Crippen molar-refractivity contribution in [2.45, 2.75) is 199 Å². The van der Waals surface area contributed by atoms with Gasteiger partial charge in [-0.3, -0.25) is 14.1 Å². The van der Waals surface area contributed by atoms with Crippen molar-refractivity contribution in [3.63, 3.8) is 0 Å². The van der Waals surface area contributed by atoms with Crippen LogP contribution in [-0.2, 0) is 28.2 Å². The van der Waals surface area contributed by atoms with Crippen LogP contribution in [0.1, 0.15) is 187 Å². The smallest absolute Gasteiger partial charge is 0.462 e. The average Bonchev–Trinajstić information content (AvgIpc) is 3.15. The molecule has 0 bridgehead atoms. The first-order valence-corrected chi connectivity index (χ1v) is 23.2. The fourth-order valence-electron chi connectivity index (χ4n) is 5.80. The summed E-state index contributed by atoms with van der Waals surface area (Å²) in [5.41, 5.74) is 0. The van der Waals surface area contributed by atoms with Gasteiger partial charge in [-0.2, -0.15) is 0 Å². The lowest BCUT2D eigenvalue weighted by Gasteiger charge is -2.18. The lowest BCUT2D eigenvalue weighted by molar-refractivity contribution is -0.161. The van der Waals surface area contributed by atoms with E-state index in [2.05, 4.69) is 36.6 Å². The summed E-state index contributed by atoms with van der Waals surface area (Å²) in [5, 5.41) is 10.00. The first-order valence-electron chi connectivity index (χ1n) is 21.7. The molecule has 0 aliphatic carbocycles. The Balaban J connectivity index is 4.05. The third kappa shape index (κ3) is 42.7. The van der Waals surface area contributed by atoms with Crippen LogP contribution in [0.15, 0.2) is 60.8 Å². The van der Waals surface area contributed by atoms with Gasteiger partial charge >= 0.3 is 19.8 Å². The largest absolute Gasteiger partial charge is 0.469 e. The van der Waals surface area contributed by atoms with E-state index in [4.69, 9.17) is 19.3 Å². The molecule has 3 N–H and O–H groups in total. The summed E-state index contributed by atoms with van der Waals surface area (Å²) in [6.45, 7) is 3.53. The molecule has 2 atom stereocenters. The number of phosphoric ester groups is 1. The van der Waals surface area contributed by atoms with Crippen LogP contribution in [0.5, 0.6) is 0 Å². The number of unbranched alkanes of at least 4 members (excludes halogenated alkanes) is 19. The second-order valence-corrected chi connectivity index (χ2v) is 15.8. The molecule has 0 unspecified atom stereocenters. The van der Waals surface area contributed by atoms with Crippen LogP contribution in [0.25, 0.3) is 0 Å². The van der Waals surface area contributed by atoms with E-state index in [1.54, 1.807) is 6.08 Å². The predicted molar refractivity (Wildman–Crippen MR) is 227 cm³/mol. The summed E-state index contributed by atoms with van der Waals surface area (Å²) in [4.78, 5) is 42.9. The zero-order valence-corrected chi connectivity index (χ0v) is 35.6. The lowest BCUT2D eigenvalue weighted by Crippen LogP contribution is -2.29. The standard InChI is InChI=1S/C45H79O9P/c1-3-5-7-9-11-12-13-14-15-16-17-18-19-20-21-22-27-31-35-39-45(48)54-43(41-53-55(49,50)51)40-52-44(47)38-34-30-26-24-23-25-29-33-37-42(46)36-32-28-10-8-6-4-2/h14-15,24-26,28-29,32-33,37,42-43,46H,3-13,16-23,27,30-31,34-36,38-41H2,1-2H3,(H2,49,50,51)/b15-14-,26-24-,29-25-,32-28-,37-33+/t42-,43-/m1/s1. The molecule has 10 heteroatoms. The molecular weight excluding hydrogens is 715 g/mol. The fourth-order valence-corrected chi connectivity index (χ4v) is 6.16. The van der Waals surface area contributed by atoms with E-state index in [1.165, 1.54) is 103 Å².